The van der Waals surface area contributed by atoms with E-state index in [1.54, 1.807) is 0 Å². The van der Waals surface area contributed by atoms with Gasteiger partial charge in [-0.15, -0.1) is 0 Å². The molecule has 0 aromatic heterocycles. The zero-order valence-corrected chi connectivity index (χ0v) is 7.17. The standard InChI is InChI=1S/C9H18O/c1-4-6-7-9(5-2)8(3)10/h6-10H,4-5H2,1-3H3. The van der Waals surface area contributed by atoms with E-state index in [1.807, 2.05) is 6.92 Å². The predicted octanol–water partition coefficient (Wildman–Crippen LogP) is 2.36. The first kappa shape index (κ1) is 9.70. The van der Waals surface area contributed by atoms with E-state index in [4.69, 9.17) is 0 Å². The Balaban J connectivity index is 3.71. The van der Waals surface area contributed by atoms with Gasteiger partial charge in [-0.1, -0.05) is 26.0 Å². The van der Waals surface area contributed by atoms with Gasteiger partial charge in [-0.25, -0.2) is 0 Å². The number of allylic oxidation sites excluding steroid dienone is 1. The molecule has 0 amide bonds. The summed E-state index contributed by atoms with van der Waals surface area (Å²) < 4.78 is 0. The van der Waals surface area contributed by atoms with Gasteiger partial charge in [0.25, 0.3) is 0 Å². The lowest BCUT2D eigenvalue weighted by Crippen LogP contribution is -2.12. The Labute approximate surface area is 63.8 Å². The summed E-state index contributed by atoms with van der Waals surface area (Å²) in [7, 11) is 0. The van der Waals surface area contributed by atoms with Crippen LogP contribution in [0.5, 0.6) is 0 Å². The molecule has 0 aliphatic carbocycles. The molecule has 0 rings (SSSR count). The van der Waals surface area contributed by atoms with Crippen LogP contribution in [-0.4, -0.2) is 11.2 Å². The van der Waals surface area contributed by atoms with Crippen molar-refractivity contribution in [1.29, 1.82) is 0 Å². The maximum Gasteiger partial charge on any atom is 0.0574 e. The lowest BCUT2D eigenvalue weighted by atomic mass is 10.0. The predicted molar refractivity (Wildman–Crippen MR) is 44.9 cm³/mol. The highest BCUT2D eigenvalue weighted by Crippen LogP contribution is 2.09. The number of rotatable bonds is 4. The van der Waals surface area contributed by atoms with Gasteiger partial charge >= 0.3 is 0 Å². The third-order valence-corrected chi connectivity index (χ3v) is 1.71. The Hall–Kier alpha value is -0.300. The molecule has 0 fully saturated rings. The second kappa shape index (κ2) is 5.48. The van der Waals surface area contributed by atoms with E-state index in [2.05, 4.69) is 26.0 Å². The van der Waals surface area contributed by atoms with Crippen molar-refractivity contribution in [3.05, 3.63) is 12.2 Å². The fourth-order valence-electron chi connectivity index (χ4n) is 0.949. The summed E-state index contributed by atoms with van der Waals surface area (Å²) >= 11 is 0. The van der Waals surface area contributed by atoms with E-state index in [1.165, 1.54) is 0 Å². The van der Waals surface area contributed by atoms with Crippen molar-refractivity contribution in [2.75, 3.05) is 0 Å². The summed E-state index contributed by atoms with van der Waals surface area (Å²) in [5, 5.41) is 9.19. The summed E-state index contributed by atoms with van der Waals surface area (Å²) in [6, 6.07) is 0. The third kappa shape index (κ3) is 3.67. The summed E-state index contributed by atoms with van der Waals surface area (Å²) in [5.41, 5.74) is 0. The van der Waals surface area contributed by atoms with Gasteiger partial charge in [0.2, 0.25) is 0 Å². The molecule has 1 heteroatoms. The summed E-state index contributed by atoms with van der Waals surface area (Å²) in [5.74, 6) is 0.347. The van der Waals surface area contributed by atoms with Gasteiger partial charge in [0.15, 0.2) is 0 Å². The molecule has 1 nitrogen and oxygen atoms in total. The molecule has 0 aliphatic heterocycles. The molecular formula is C9H18O. The van der Waals surface area contributed by atoms with E-state index < -0.39 is 0 Å². The zero-order chi connectivity index (χ0) is 7.98. The normalized spacial score (nSPS) is 17.6. The van der Waals surface area contributed by atoms with Gasteiger partial charge in [0.05, 0.1) is 6.10 Å². The van der Waals surface area contributed by atoms with Crippen molar-refractivity contribution in [2.24, 2.45) is 5.92 Å². The first-order valence-electron chi connectivity index (χ1n) is 4.07. The Bertz CT molecular complexity index is 94.9. The maximum atomic E-state index is 9.19. The van der Waals surface area contributed by atoms with Crippen LogP contribution in [0.4, 0.5) is 0 Å². The van der Waals surface area contributed by atoms with Crippen molar-refractivity contribution in [1.82, 2.24) is 0 Å². The lowest BCUT2D eigenvalue weighted by molar-refractivity contribution is 0.147. The number of aliphatic hydroxyl groups excluding tert-OH is 1. The monoisotopic (exact) mass is 142 g/mol. The Morgan fingerprint density at radius 1 is 1.40 bits per heavy atom. The summed E-state index contributed by atoms with van der Waals surface area (Å²) in [6.45, 7) is 6.04. The Morgan fingerprint density at radius 3 is 2.30 bits per heavy atom. The fourth-order valence-corrected chi connectivity index (χ4v) is 0.949. The Morgan fingerprint density at radius 2 is 2.00 bits per heavy atom. The van der Waals surface area contributed by atoms with Crippen LogP contribution in [0, 0.1) is 5.92 Å². The van der Waals surface area contributed by atoms with Crippen LogP contribution in [0.25, 0.3) is 0 Å². The summed E-state index contributed by atoms with van der Waals surface area (Å²) in [6.07, 6.45) is 6.09. The first-order chi connectivity index (χ1) is 4.72. The molecule has 0 bridgehead atoms. The van der Waals surface area contributed by atoms with Gasteiger partial charge in [-0.2, -0.15) is 0 Å². The molecule has 10 heavy (non-hydrogen) atoms. The van der Waals surface area contributed by atoms with Crippen LogP contribution in [0.15, 0.2) is 12.2 Å². The molecule has 0 radical (unpaired) electrons. The molecule has 0 aliphatic rings. The minimum absolute atomic E-state index is 0.201. The molecule has 0 aromatic rings. The minimum atomic E-state index is -0.201. The van der Waals surface area contributed by atoms with E-state index >= 15 is 0 Å². The highest BCUT2D eigenvalue weighted by Gasteiger charge is 2.06. The molecule has 2 atom stereocenters. The molecule has 60 valence electrons. The van der Waals surface area contributed by atoms with Crippen molar-refractivity contribution in [3.8, 4) is 0 Å². The number of hydrogen-bond donors (Lipinski definition) is 1. The highest BCUT2D eigenvalue weighted by atomic mass is 16.3. The van der Waals surface area contributed by atoms with Gasteiger partial charge in [0.1, 0.15) is 0 Å². The molecule has 0 saturated carbocycles. The second-order valence-electron chi connectivity index (χ2n) is 2.65. The average Bonchev–Trinajstić information content (AvgIpc) is 1.89. The van der Waals surface area contributed by atoms with E-state index in [0.29, 0.717) is 5.92 Å². The second-order valence-corrected chi connectivity index (χ2v) is 2.65. The van der Waals surface area contributed by atoms with Crippen LogP contribution in [-0.2, 0) is 0 Å². The molecule has 1 N–H and O–H groups in total. The van der Waals surface area contributed by atoms with Gasteiger partial charge in [-0.3, -0.25) is 0 Å². The third-order valence-electron chi connectivity index (χ3n) is 1.71. The zero-order valence-electron chi connectivity index (χ0n) is 7.17. The maximum absolute atomic E-state index is 9.19. The minimum Gasteiger partial charge on any atom is -0.393 e. The van der Waals surface area contributed by atoms with Crippen molar-refractivity contribution < 1.29 is 5.11 Å². The van der Waals surface area contributed by atoms with Crippen molar-refractivity contribution in [3.63, 3.8) is 0 Å². The van der Waals surface area contributed by atoms with Crippen molar-refractivity contribution in [2.45, 2.75) is 39.7 Å². The largest absolute Gasteiger partial charge is 0.393 e. The van der Waals surface area contributed by atoms with Gasteiger partial charge in [0, 0.05) is 5.92 Å². The summed E-state index contributed by atoms with van der Waals surface area (Å²) in [4.78, 5) is 0. The topological polar surface area (TPSA) is 20.2 Å². The number of aliphatic hydroxyl groups is 1. The van der Waals surface area contributed by atoms with E-state index in [0.717, 1.165) is 12.8 Å². The molecular weight excluding hydrogens is 124 g/mol. The molecule has 0 spiro atoms. The van der Waals surface area contributed by atoms with E-state index in [-0.39, 0.29) is 6.10 Å². The van der Waals surface area contributed by atoms with Crippen LogP contribution >= 0.6 is 0 Å². The smallest absolute Gasteiger partial charge is 0.0574 e. The van der Waals surface area contributed by atoms with Gasteiger partial charge < -0.3 is 5.11 Å². The average molecular weight is 142 g/mol. The van der Waals surface area contributed by atoms with Crippen LogP contribution in [0.2, 0.25) is 0 Å². The van der Waals surface area contributed by atoms with Gasteiger partial charge in [-0.05, 0) is 19.8 Å². The number of hydrogen-bond acceptors (Lipinski definition) is 1. The SMILES string of the molecule is CCC=CC(CC)C(C)O. The lowest BCUT2D eigenvalue weighted by Gasteiger charge is -2.12. The van der Waals surface area contributed by atoms with E-state index in [9.17, 15) is 5.11 Å². The first-order valence-corrected chi connectivity index (χ1v) is 4.07. The molecule has 0 saturated heterocycles. The van der Waals surface area contributed by atoms with Crippen molar-refractivity contribution >= 4 is 0 Å². The molecule has 0 aromatic carbocycles. The molecule has 0 heterocycles. The van der Waals surface area contributed by atoms with Crippen LogP contribution in [0.1, 0.15) is 33.6 Å². The molecule has 2 unspecified atom stereocenters. The Kier molecular flexibility index (Phi) is 5.32. The quantitative estimate of drug-likeness (QED) is 0.597. The highest BCUT2D eigenvalue weighted by molar-refractivity contribution is 4.89. The fraction of sp³-hybridized carbons (Fsp3) is 0.778. The van der Waals surface area contributed by atoms with Crippen LogP contribution in [0.3, 0.4) is 0 Å². The van der Waals surface area contributed by atoms with Crippen LogP contribution < -0.4 is 0 Å².